The van der Waals surface area contributed by atoms with Crippen molar-refractivity contribution >= 4 is 12.4 Å². The van der Waals surface area contributed by atoms with Gasteiger partial charge in [0.1, 0.15) is 5.82 Å². The lowest BCUT2D eigenvalue weighted by Gasteiger charge is -2.25. The van der Waals surface area contributed by atoms with Crippen molar-refractivity contribution in [2.75, 3.05) is 20.1 Å². The molecule has 0 amide bonds. The number of benzene rings is 1. The lowest BCUT2D eigenvalue weighted by atomic mass is 10.0. The van der Waals surface area contributed by atoms with Crippen LogP contribution in [0.2, 0.25) is 0 Å². The summed E-state index contributed by atoms with van der Waals surface area (Å²) in [6.07, 6.45) is 3.34. The third-order valence-corrected chi connectivity index (χ3v) is 3.90. The highest BCUT2D eigenvalue weighted by Gasteiger charge is 2.25. The van der Waals surface area contributed by atoms with E-state index in [4.69, 9.17) is 0 Å². The van der Waals surface area contributed by atoms with Crippen LogP contribution in [0, 0.1) is 5.82 Å². The Bertz CT molecular complexity index is 398. The molecule has 1 atom stereocenters. The van der Waals surface area contributed by atoms with Gasteiger partial charge in [0.25, 0.3) is 0 Å². The first-order chi connectivity index (χ1) is 8.76. The zero-order valence-corrected chi connectivity index (χ0v) is 12.6. The van der Waals surface area contributed by atoms with Crippen LogP contribution >= 0.6 is 12.4 Å². The quantitative estimate of drug-likeness (QED) is 0.895. The van der Waals surface area contributed by atoms with Crippen LogP contribution in [0.1, 0.15) is 30.9 Å². The summed E-state index contributed by atoms with van der Waals surface area (Å²) in [6.45, 7) is 4.93. The summed E-state index contributed by atoms with van der Waals surface area (Å²) in [5.41, 5.74) is 2.04. The lowest BCUT2D eigenvalue weighted by molar-refractivity contribution is 0.238. The van der Waals surface area contributed by atoms with Crippen LogP contribution in [-0.4, -0.2) is 31.1 Å². The SMILES string of the molecule is CCc1cccc(F)c1CN1CCCC1CNC.Cl. The molecular formula is C15H24ClFN2. The molecule has 0 bridgehead atoms. The van der Waals surface area contributed by atoms with Crippen LogP contribution in [0.5, 0.6) is 0 Å². The van der Waals surface area contributed by atoms with Gasteiger partial charge in [0.15, 0.2) is 0 Å². The van der Waals surface area contributed by atoms with Crippen LogP contribution in [0.15, 0.2) is 18.2 Å². The standard InChI is InChI=1S/C15H23FN2.ClH/c1-3-12-6-4-8-15(16)14(12)11-18-9-5-7-13(18)10-17-2;/h4,6,8,13,17H,3,5,7,9-11H2,1-2H3;1H. The predicted molar refractivity (Wildman–Crippen MR) is 80.4 cm³/mol. The van der Waals surface area contributed by atoms with Crippen molar-refractivity contribution < 1.29 is 4.39 Å². The number of hydrogen-bond donors (Lipinski definition) is 1. The molecular weight excluding hydrogens is 263 g/mol. The summed E-state index contributed by atoms with van der Waals surface area (Å²) in [4.78, 5) is 2.41. The monoisotopic (exact) mass is 286 g/mol. The summed E-state index contributed by atoms with van der Waals surface area (Å²) >= 11 is 0. The number of rotatable bonds is 5. The molecule has 4 heteroatoms. The number of halogens is 2. The van der Waals surface area contributed by atoms with Crippen molar-refractivity contribution in [2.45, 2.75) is 38.8 Å². The summed E-state index contributed by atoms with van der Waals surface area (Å²) in [5.74, 6) is -0.0514. The highest BCUT2D eigenvalue weighted by Crippen LogP contribution is 2.23. The van der Waals surface area contributed by atoms with Crippen molar-refractivity contribution in [1.82, 2.24) is 10.2 Å². The van der Waals surface area contributed by atoms with E-state index in [9.17, 15) is 4.39 Å². The Morgan fingerprint density at radius 3 is 2.89 bits per heavy atom. The molecule has 1 N–H and O–H groups in total. The van der Waals surface area contributed by atoms with Gasteiger partial charge >= 0.3 is 0 Å². The molecule has 0 spiro atoms. The van der Waals surface area contributed by atoms with E-state index in [1.54, 1.807) is 6.07 Å². The molecule has 1 aromatic rings. The van der Waals surface area contributed by atoms with E-state index < -0.39 is 0 Å². The summed E-state index contributed by atoms with van der Waals surface area (Å²) in [7, 11) is 1.98. The second-order valence-electron chi connectivity index (χ2n) is 5.06. The van der Waals surface area contributed by atoms with Crippen molar-refractivity contribution in [3.63, 3.8) is 0 Å². The number of nitrogens with zero attached hydrogens (tertiary/aromatic N) is 1. The summed E-state index contributed by atoms with van der Waals surface area (Å²) in [6, 6.07) is 5.99. The fourth-order valence-corrected chi connectivity index (χ4v) is 2.88. The first kappa shape index (κ1) is 16.4. The van der Waals surface area contributed by atoms with Gasteiger partial charge in [-0.25, -0.2) is 4.39 Å². The number of aryl methyl sites for hydroxylation is 1. The van der Waals surface area contributed by atoms with Crippen molar-refractivity contribution in [3.8, 4) is 0 Å². The largest absolute Gasteiger partial charge is 0.318 e. The van der Waals surface area contributed by atoms with E-state index in [1.165, 1.54) is 12.8 Å². The summed E-state index contributed by atoms with van der Waals surface area (Å²) in [5, 5.41) is 3.23. The maximum Gasteiger partial charge on any atom is 0.127 e. The summed E-state index contributed by atoms with van der Waals surface area (Å²) < 4.78 is 14.0. The first-order valence-corrected chi connectivity index (χ1v) is 6.91. The van der Waals surface area contributed by atoms with E-state index in [2.05, 4.69) is 17.1 Å². The molecule has 1 aromatic carbocycles. The average molecular weight is 287 g/mol. The lowest BCUT2D eigenvalue weighted by Crippen LogP contribution is -2.36. The van der Waals surface area contributed by atoms with Gasteiger partial charge in [-0.2, -0.15) is 0 Å². The van der Waals surface area contributed by atoms with Crippen molar-refractivity contribution in [3.05, 3.63) is 35.1 Å². The number of nitrogens with one attached hydrogen (secondary N) is 1. The Morgan fingerprint density at radius 1 is 1.42 bits per heavy atom. The Balaban J connectivity index is 0.00000180. The topological polar surface area (TPSA) is 15.3 Å². The molecule has 1 saturated heterocycles. The molecule has 1 aliphatic heterocycles. The fraction of sp³-hybridized carbons (Fsp3) is 0.600. The van der Waals surface area contributed by atoms with Gasteiger partial charge in [-0.1, -0.05) is 19.1 Å². The molecule has 1 heterocycles. The minimum atomic E-state index is -0.0514. The smallest absolute Gasteiger partial charge is 0.127 e. The molecule has 0 aromatic heterocycles. The zero-order valence-electron chi connectivity index (χ0n) is 11.8. The highest BCUT2D eigenvalue weighted by atomic mass is 35.5. The van der Waals surface area contributed by atoms with Crippen LogP contribution in [0.4, 0.5) is 4.39 Å². The molecule has 1 fully saturated rings. The first-order valence-electron chi connectivity index (χ1n) is 6.91. The fourth-order valence-electron chi connectivity index (χ4n) is 2.88. The van der Waals surface area contributed by atoms with Crippen LogP contribution in [0.3, 0.4) is 0 Å². The molecule has 19 heavy (non-hydrogen) atoms. The van der Waals surface area contributed by atoms with Gasteiger partial charge < -0.3 is 5.32 Å². The number of likely N-dealkylation sites (N-methyl/N-ethyl adjacent to an activating group) is 1. The molecule has 0 radical (unpaired) electrons. The number of hydrogen-bond acceptors (Lipinski definition) is 2. The normalized spacial score (nSPS) is 19.4. The van der Waals surface area contributed by atoms with Crippen LogP contribution in [-0.2, 0) is 13.0 Å². The minimum Gasteiger partial charge on any atom is -0.318 e. The Kier molecular flexibility index (Phi) is 6.76. The Labute approximate surface area is 121 Å². The van der Waals surface area contributed by atoms with E-state index in [0.29, 0.717) is 6.04 Å². The van der Waals surface area contributed by atoms with Gasteiger partial charge in [-0.05, 0) is 44.5 Å². The minimum absolute atomic E-state index is 0. The molecule has 2 nitrogen and oxygen atoms in total. The van der Waals surface area contributed by atoms with Gasteiger partial charge in [0.05, 0.1) is 0 Å². The van der Waals surface area contributed by atoms with Crippen LogP contribution in [0.25, 0.3) is 0 Å². The molecule has 1 aliphatic rings. The maximum absolute atomic E-state index is 14.0. The third-order valence-electron chi connectivity index (χ3n) is 3.90. The van der Waals surface area contributed by atoms with Gasteiger partial charge in [0.2, 0.25) is 0 Å². The van der Waals surface area contributed by atoms with Gasteiger partial charge in [0, 0.05) is 24.7 Å². The van der Waals surface area contributed by atoms with Gasteiger partial charge in [-0.15, -0.1) is 12.4 Å². The van der Waals surface area contributed by atoms with Crippen molar-refractivity contribution in [1.29, 1.82) is 0 Å². The average Bonchev–Trinajstić information content (AvgIpc) is 2.80. The molecule has 0 saturated carbocycles. The maximum atomic E-state index is 14.0. The molecule has 1 unspecified atom stereocenters. The zero-order chi connectivity index (χ0) is 13.0. The molecule has 108 valence electrons. The second kappa shape index (κ2) is 7.83. The second-order valence-corrected chi connectivity index (χ2v) is 5.06. The van der Waals surface area contributed by atoms with Crippen LogP contribution < -0.4 is 5.32 Å². The molecule has 0 aliphatic carbocycles. The van der Waals surface area contributed by atoms with E-state index in [0.717, 1.165) is 37.2 Å². The van der Waals surface area contributed by atoms with E-state index >= 15 is 0 Å². The Hall–Kier alpha value is -0.640. The highest BCUT2D eigenvalue weighted by molar-refractivity contribution is 5.85. The van der Waals surface area contributed by atoms with Crippen molar-refractivity contribution in [2.24, 2.45) is 0 Å². The number of likely N-dealkylation sites (tertiary alicyclic amines) is 1. The van der Waals surface area contributed by atoms with E-state index in [1.807, 2.05) is 19.2 Å². The Morgan fingerprint density at radius 2 is 2.21 bits per heavy atom. The molecule has 2 rings (SSSR count). The third kappa shape index (κ3) is 3.91. The predicted octanol–water partition coefficient (Wildman–Crippen LogP) is 2.99. The van der Waals surface area contributed by atoms with Gasteiger partial charge in [-0.3, -0.25) is 4.90 Å². The van der Waals surface area contributed by atoms with E-state index in [-0.39, 0.29) is 18.2 Å².